The van der Waals surface area contributed by atoms with Gasteiger partial charge in [-0.05, 0) is 25.0 Å². The number of benzene rings is 1. The Morgan fingerprint density at radius 2 is 2.11 bits per heavy atom. The first-order valence-electron chi connectivity index (χ1n) is 6.13. The lowest BCUT2D eigenvalue weighted by molar-refractivity contribution is 0.0696. The molecule has 0 amide bonds. The third-order valence-corrected chi connectivity index (χ3v) is 3.29. The van der Waals surface area contributed by atoms with Gasteiger partial charge in [0, 0.05) is 0 Å². The van der Waals surface area contributed by atoms with Crippen LogP contribution in [0.2, 0.25) is 5.15 Å². The Bertz CT molecular complexity index is 620. The minimum absolute atomic E-state index is 0.103. The number of hydrogen-bond acceptors (Lipinski definition) is 2. The van der Waals surface area contributed by atoms with E-state index in [1.807, 2.05) is 38.1 Å². The lowest BCUT2D eigenvalue weighted by Gasteiger charge is -2.06. The second-order valence-electron chi connectivity index (χ2n) is 4.37. The summed E-state index contributed by atoms with van der Waals surface area (Å²) in [6.45, 7) is 3.92. The molecule has 0 saturated carbocycles. The van der Waals surface area contributed by atoms with Gasteiger partial charge in [-0.25, -0.2) is 9.48 Å². The summed E-state index contributed by atoms with van der Waals surface area (Å²) in [5.41, 5.74) is 2.43. The molecular weight excluding hydrogens is 264 g/mol. The van der Waals surface area contributed by atoms with Gasteiger partial charge in [0.15, 0.2) is 0 Å². The second kappa shape index (κ2) is 5.45. The predicted molar refractivity (Wildman–Crippen MR) is 74.3 cm³/mol. The fourth-order valence-corrected chi connectivity index (χ4v) is 2.34. The number of carboxylic acid groups (broad SMARTS) is 1. The summed E-state index contributed by atoms with van der Waals surface area (Å²) in [6, 6.07) is 7.60. The molecule has 1 aromatic carbocycles. The van der Waals surface area contributed by atoms with Crippen molar-refractivity contribution in [1.82, 2.24) is 9.78 Å². The first-order chi connectivity index (χ1) is 9.06. The number of nitrogens with zero attached hydrogens (tertiary/aromatic N) is 2. The number of aromatic nitrogens is 2. The van der Waals surface area contributed by atoms with E-state index in [9.17, 15) is 9.90 Å². The number of rotatable bonds is 4. The van der Waals surface area contributed by atoms with Crippen molar-refractivity contribution in [2.75, 3.05) is 0 Å². The van der Waals surface area contributed by atoms with Gasteiger partial charge in [0.05, 0.1) is 11.4 Å². The van der Waals surface area contributed by atoms with E-state index < -0.39 is 5.97 Å². The summed E-state index contributed by atoms with van der Waals surface area (Å²) in [4.78, 5) is 11.3. The molecule has 100 valence electrons. The van der Waals surface area contributed by atoms with Gasteiger partial charge in [-0.3, -0.25) is 0 Å². The van der Waals surface area contributed by atoms with Crippen molar-refractivity contribution in [2.45, 2.75) is 26.7 Å². The molecule has 0 spiro atoms. The van der Waals surface area contributed by atoms with Crippen molar-refractivity contribution < 1.29 is 9.90 Å². The average molecular weight is 279 g/mol. The number of halogens is 1. The van der Waals surface area contributed by atoms with Crippen molar-refractivity contribution in [3.8, 4) is 5.69 Å². The highest BCUT2D eigenvalue weighted by Crippen LogP contribution is 2.26. The average Bonchev–Trinajstić information content (AvgIpc) is 2.67. The largest absolute Gasteiger partial charge is 0.478 e. The topological polar surface area (TPSA) is 55.1 Å². The standard InChI is InChI=1S/C14H15ClN2O2/c1-3-6-10-12(14(18)19)13(15)17(16-10)11-8-5-4-7-9(11)2/h4-5,7-8H,3,6H2,1-2H3,(H,18,19). The summed E-state index contributed by atoms with van der Waals surface area (Å²) in [5, 5.41) is 13.8. The van der Waals surface area contributed by atoms with Crippen LogP contribution in [-0.4, -0.2) is 20.9 Å². The van der Waals surface area contributed by atoms with Gasteiger partial charge in [0.2, 0.25) is 0 Å². The minimum atomic E-state index is -1.03. The summed E-state index contributed by atoms with van der Waals surface area (Å²) in [5.74, 6) is -1.03. The van der Waals surface area contributed by atoms with E-state index in [0.29, 0.717) is 12.1 Å². The zero-order valence-electron chi connectivity index (χ0n) is 10.9. The van der Waals surface area contributed by atoms with Gasteiger partial charge in [0.25, 0.3) is 0 Å². The SMILES string of the molecule is CCCc1nn(-c2ccccc2C)c(Cl)c1C(=O)O. The van der Waals surface area contributed by atoms with Gasteiger partial charge in [-0.1, -0.05) is 43.1 Å². The van der Waals surface area contributed by atoms with Crippen LogP contribution in [0.25, 0.3) is 5.69 Å². The zero-order valence-corrected chi connectivity index (χ0v) is 11.6. The van der Waals surface area contributed by atoms with Crippen LogP contribution in [0.5, 0.6) is 0 Å². The van der Waals surface area contributed by atoms with Crippen molar-refractivity contribution >= 4 is 17.6 Å². The smallest absolute Gasteiger partial charge is 0.340 e. The Morgan fingerprint density at radius 3 is 2.68 bits per heavy atom. The third-order valence-electron chi connectivity index (χ3n) is 2.95. The first-order valence-corrected chi connectivity index (χ1v) is 6.50. The molecule has 0 fully saturated rings. The number of aromatic carboxylic acids is 1. The maximum absolute atomic E-state index is 11.3. The highest BCUT2D eigenvalue weighted by molar-refractivity contribution is 6.33. The zero-order chi connectivity index (χ0) is 14.0. The van der Waals surface area contributed by atoms with E-state index in [-0.39, 0.29) is 10.7 Å². The van der Waals surface area contributed by atoms with Crippen LogP contribution < -0.4 is 0 Å². The fraction of sp³-hybridized carbons (Fsp3) is 0.286. The maximum Gasteiger partial charge on any atom is 0.340 e. The molecule has 0 unspecified atom stereocenters. The molecule has 1 aromatic heterocycles. The number of carbonyl (C=O) groups is 1. The molecule has 0 atom stereocenters. The lowest BCUT2D eigenvalue weighted by atomic mass is 10.1. The Balaban J connectivity index is 2.63. The number of aryl methyl sites for hydroxylation is 2. The van der Waals surface area contributed by atoms with Crippen LogP contribution in [-0.2, 0) is 6.42 Å². The highest BCUT2D eigenvalue weighted by Gasteiger charge is 2.22. The molecule has 1 N–H and O–H groups in total. The summed E-state index contributed by atoms with van der Waals surface area (Å²) in [6.07, 6.45) is 1.42. The molecule has 0 aliphatic heterocycles. The molecule has 19 heavy (non-hydrogen) atoms. The van der Waals surface area contributed by atoms with Crippen LogP contribution in [0.3, 0.4) is 0 Å². The number of para-hydroxylation sites is 1. The Kier molecular flexibility index (Phi) is 3.90. The van der Waals surface area contributed by atoms with E-state index in [4.69, 9.17) is 11.6 Å². The molecule has 0 aliphatic rings. The fourth-order valence-electron chi connectivity index (χ4n) is 2.02. The first kappa shape index (κ1) is 13.6. The van der Waals surface area contributed by atoms with E-state index in [0.717, 1.165) is 17.7 Å². The van der Waals surface area contributed by atoms with E-state index in [1.54, 1.807) is 0 Å². The molecule has 5 heteroatoms. The molecule has 0 bridgehead atoms. The number of hydrogen-bond donors (Lipinski definition) is 1. The Hall–Kier alpha value is -1.81. The lowest BCUT2D eigenvalue weighted by Crippen LogP contribution is -2.01. The quantitative estimate of drug-likeness (QED) is 0.931. The molecule has 0 saturated heterocycles. The molecule has 2 aromatic rings. The third kappa shape index (κ3) is 2.49. The number of carboxylic acids is 1. The van der Waals surface area contributed by atoms with Gasteiger partial charge in [0.1, 0.15) is 10.7 Å². The molecule has 0 aliphatic carbocycles. The normalized spacial score (nSPS) is 10.7. The maximum atomic E-state index is 11.3. The van der Waals surface area contributed by atoms with Crippen molar-refractivity contribution in [3.63, 3.8) is 0 Å². The van der Waals surface area contributed by atoms with Crippen molar-refractivity contribution in [1.29, 1.82) is 0 Å². The van der Waals surface area contributed by atoms with E-state index in [1.165, 1.54) is 4.68 Å². The Morgan fingerprint density at radius 1 is 1.42 bits per heavy atom. The van der Waals surface area contributed by atoms with Crippen LogP contribution in [0.15, 0.2) is 24.3 Å². The predicted octanol–water partition coefficient (Wildman–Crippen LogP) is 3.48. The minimum Gasteiger partial charge on any atom is -0.478 e. The molecular formula is C14H15ClN2O2. The summed E-state index contributed by atoms with van der Waals surface area (Å²) >= 11 is 6.19. The molecule has 1 heterocycles. The highest BCUT2D eigenvalue weighted by atomic mass is 35.5. The monoisotopic (exact) mass is 278 g/mol. The van der Waals surface area contributed by atoms with Gasteiger partial charge in [-0.15, -0.1) is 0 Å². The van der Waals surface area contributed by atoms with Crippen LogP contribution in [0.4, 0.5) is 0 Å². The van der Waals surface area contributed by atoms with Crippen LogP contribution in [0.1, 0.15) is 35.0 Å². The Labute approximate surface area is 116 Å². The van der Waals surface area contributed by atoms with Crippen molar-refractivity contribution in [2.24, 2.45) is 0 Å². The van der Waals surface area contributed by atoms with Gasteiger partial charge >= 0.3 is 5.97 Å². The summed E-state index contributed by atoms with van der Waals surface area (Å²) < 4.78 is 1.51. The second-order valence-corrected chi connectivity index (χ2v) is 4.72. The van der Waals surface area contributed by atoms with Gasteiger partial charge < -0.3 is 5.11 Å². The molecule has 2 rings (SSSR count). The van der Waals surface area contributed by atoms with Crippen LogP contribution in [0, 0.1) is 6.92 Å². The van der Waals surface area contributed by atoms with E-state index in [2.05, 4.69) is 5.10 Å². The van der Waals surface area contributed by atoms with Crippen LogP contribution >= 0.6 is 11.6 Å². The van der Waals surface area contributed by atoms with Crippen molar-refractivity contribution in [3.05, 3.63) is 46.2 Å². The molecule has 4 nitrogen and oxygen atoms in total. The van der Waals surface area contributed by atoms with E-state index >= 15 is 0 Å². The van der Waals surface area contributed by atoms with Gasteiger partial charge in [-0.2, -0.15) is 5.10 Å². The summed E-state index contributed by atoms with van der Waals surface area (Å²) in [7, 11) is 0. The molecule has 0 radical (unpaired) electrons.